The number of aromatic nitrogens is 9. The number of hydrogen-bond donors (Lipinski definition) is 2. The van der Waals surface area contributed by atoms with Crippen LogP contribution >= 0.6 is 0 Å². The van der Waals surface area contributed by atoms with E-state index in [1.807, 2.05) is 24.3 Å². The van der Waals surface area contributed by atoms with Crippen molar-refractivity contribution < 1.29 is 115 Å². The van der Waals surface area contributed by atoms with Crippen LogP contribution < -0.4 is 58.9 Å². The molecular weight excluding hydrogens is 1890 g/mol. The van der Waals surface area contributed by atoms with E-state index in [4.69, 9.17) is 32.7 Å². The molecule has 0 atom stereocenters. The molecule has 0 aliphatic heterocycles. The zero-order valence-electron chi connectivity index (χ0n) is 71.5. The topological polar surface area (TPSA) is 368 Å². The number of benzene rings is 9. The maximum absolute atomic E-state index is 14.0. The number of nitrogens with one attached hydrogen (secondary N) is 2. The highest BCUT2D eigenvalue weighted by Gasteiger charge is 2.33. The number of halogens is 11. The van der Waals surface area contributed by atoms with E-state index in [9.17, 15) is 87.9 Å². The van der Waals surface area contributed by atoms with Crippen molar-refractivity contribution in [2.75, 3.05) is 49.9 Å². The van der Waals surface area contributed by atoms with Crippen molar-refractivity contribution >= 4 is 79.9 Å². The lowest BCUT2D eigenvalue weighted by Gasteiger charge is -2.22. The van der Waals surface area contributed by atoms with Gasteiger partial charge in [-0.15, -0.1) is 0 Å². The number of methoxy groups -OCH3 is 5. The Balaban J connectivity index is 0.000000146. The second-order valence-electron chi connectivity index (χ2n) is 29.1. The molecule has 0 saturated heterocycles. The molecule has 0 unspecified atom stereocenters. The fourth-order valence-electron chi connectivity index (χ4n) is 14.0. The first-order valence-corrected chi connectivity index (χ1v) is 44.2. The van der Waals surface area contributed by atoms with Gasteiger partial charge in [0, 0.05) is 113 Å². The van der Waals surface area contributed by atoms with Crippen molar-refractivity contribution in [2.45, 2.75) is 27.8 Å². The summed E-state index contributed by atoms with van der Waals surface area (Å²) in [6, 6.07) is 47.6. The predicted molar refractivity (Wildman–Crippen MR) is 479 cm³/mol. The van der Waals surface area contributed by atoms with Gasteiger partial charge in [0.05, 0.1) is 105 Å². The van der Waals surface area contributed by atoms with E-state index in [0.717, 1.165) is 90.7 Å². The summed E-state index contributed by atoms with van der Waals surface area (Å²) in [5, 5.41) is 16.8. The van der Waals surface area contributed by atoms with Crippen molar-refractivity contribution in [1.29, 1.82) is 0 Å². The number of ether oxygens (including phenoxy) is 5. The minimum absolute atomic E-state index is 0.0114. The third-order valence-electron chi connectivity index (χ3n) is 20.5. The van der Waals surface area contributed by atoms with E-state index in [2.05, 4.69) is 49.2 Å². The Bertz CT molecular complexity index is 8140. The average molecular weight is 1960 g/mol. The standard InChI is InChI=1S/C32H24F2N4O6S.C27H13F7N2O5S.C24H16F2N4O5S.C11H12N2O2/c1-42-25-5-3-20(4-6-25)18-38(30-10-12-44-36-30)45(40,41)26-7-8-27-21(13-26)9-11-35-32(27)28-17-31(39)37(19-29(28)43-2)24-15-22(33)14-23(34)16-24;1-40-19-11-36(15-8-13(28)7-14(29)9-15)20(37)10-18(19)26-17-3-2-16(6-12(17)4-5-35-26)42(38,39)41-27-24(33)22(31)21(30)23(32)25(27)34;1-34-21-13-30(17-10-15(25)9-16(26)11-17)23(31)12-20(21)24-19-3-2-18(8-14(19)4-6-27-24)36(32,33)29-22-5-7-35-28-22;1-14-10-4-2-9(3-5-10)8-12-11-6-7-15-13-11/h3-17,19H,18H2,1-2H3;2-11H,1H3;2-13H,1H3,(H,28,29);2-7H,8H2,1H3,(H,12,13). The first kappa shape index (κ1) is 95.6. The largest absolute Gasteiger partial charge is 0.497 e. The molecule has 44 heteroatoms. The highest BCUT2D eigenvalue weighted by molar-refractivity contribution is 7.93. The van der Waals surface area contributed by atoms with E-state index in [-0.39, 0.29) is 84.3 Å². The third-order valence-corrected chi connectivity index (χ3v) is 24.8. The van der Waals surface area contributed by atoms with Crippen LogP contribution in [0.2, 0.25) is 0 Å². The normalized spacial score (nSPS) is 11.4. The van der Waals surface area contributed by atoms with Crippen LogP contribution in [0.3, 0.4) is 0 Å². The molecule has 9 heterocycles. The highest BCUT2D eigenvalue weighted by atomic mass is 32.2. The molecule has 18 aromatic rings. The average Bonchev–Trinajstić information content (AvgIpc) is 0.816. The summed E-state index contributed by atoms with van der Waals surface area (Å²) in [5.41, 5.74) is 1.33. The maximum Gasteiger partial charge on any atom is 0.339 e. The molecule has 0 saturated carbocycles. The molecule has 9 aromatic carbocycles. The number of nitrogens with zero attached hydrogens (tertiary/aromatic N) is 10. The van der Waals surface area contributed by atoms with E-state index in [1.54, 1.807) is 68.8 Å². The molecule has 0 aliphatic carbocycles. The minimum Gasteiger partial charge on any atom is -0.497 e. The number of sulfonamides is 2. The van der Waals surface area contributed by atoms with Crippen molar-refractivity contribution in [3.05, 3.63) is 374 Å². The number of pyridine rings is 6. The van der Waals surface area contributed by atoms with Crippen LogP contribution in [0.1, 0.15) is 11.1 Å². The molecule has 30 nitrogen and oxygen atoms in total. The van der Waals surface area contributed by atoms with Crippen LogP contribution in [0.5, 0.6) is 34.5 Å². The van der Waals surface area contributed by atoms with Gasteiger partial charge in [0.1, 0.15) is 87.3 Å². The van der Waals surface area contributed by atoms with Gasteiger partial charge in [-0.25, -0.2) is 60.7 Å². The summed E-state index contributed by atoms with van der Waals surface area (Å²) in [7, 11) is -6.01. The van der Waals surface area contributed by atoms with Gasteiger partial charge < -0.3 is 46.8 Å². The Labute approximate surface area is 772 Å². The van der Waals surface area contributed by atoms with Crippen LogP contribution in [0.25, 0.3) is 83.2 Å². The van der Waals surface area contributed by atoms with Crippen LogP contribution in [0, 0.1) is 64.0 Å². The number of hydrogen-bond acceptors (Lipinski definition) is 25. The molecule has 0 aliphatic rings. The Morgan fingerprint density at radius 3 is 1.12 bits per heavy atom. The summed E-state index contributed by atoms with van der Waals surface area (Å²) >= 11 is 0. The van der Waals surface area contributed by atoms with E-state index >= 15 is 0 Å². The number of rotatable bonds is 25. The molecule has 0 radical (unpaired) electrons. The van der Waals surface area contributed by atoms with E-state index < -0.39 is 121 Å². The van der Waals surface area contributed by atoms with Gasteiger partial charge in [0.15, 0.2) is 17.5 Å². The molecule has 18 rings (SSSR count). The zero-order valence-corrected chi connectivity index (χ0v) is 74.0. The monoisotopic (exact) mass is 1950 g/mol. The summed E-state index contributed by atoms with van der Waals surface area (Å²) in [4.78, 5) is 51.3. The quantitative estimate of drug-likeness (QED) is 0.0232. The maximum atomic E-state index is 14.0. The first-order valence-electron chi connectivity index (χ1n) is 39.8. The van der Waals surface area contributed by atoms with Gasteiger partial charge in [-0.2, -0.15) is 17.2 Å². The molecular formula is C94H65F11N12O18S3. The van der Waals surface area contributed by atoms with Crippen LogP contribution in [0.15, 0.2) is 311 Å². The van der Waals surface area contributed by atoms with Gasteiger partial charge in [-0.3, -0.25) is 47.8 Å². The summed E-state index contributed by atoms with van der Waals surface area (Å²) < 4.78 is 282. The van der Waals surface area contributed by atoms with Crippen molar-refractivity contribution in [3.63, 3.8) is 0 Å². The van der Waals surface area contributed by atoms with Gasteiger partial charge >= 0.3 is 10.1 Å². The van der Waals surface area contributed by atoms with Crippen LogP contribution in [-0.4, -0.2) is 105 Å². The fourth-order valence-corrected chi connectivity index (χ4v) is 17.4. The van der Waals surface area contributed by atoms with Gasteiger partial charge in [-0.05, 0) is 143 Å². The molecule has 704 valence electrons. The van der Waals surface area contributed by atoms with Crippen molar-refractivity contribution in [1.82, 2.24) is 44.1 Å². The molecule has 2 N–H and O–H groups in total. The first-order chi connectivity index (χ1) is 66.1. The second-order valence-corrected chi connectivity index (χ2v) is 34.2. The predicted octanol–water partition coefficient (Wildman–Crippen LogP) is 18.0. The van der Waals surface area contributed by atoms with E-state index in [0.29, 0.717) is 73.6 Å². The molecule has 9 aromatic heterocycles. The SMILES string of the molecule is COc1ccc(CN(c2ccon2)S(=O)(=O)c2ccc3c(-c4cc(=O)n(-c5cc(F)cc(F)c5)cc4OC)nccc3c2)cc1.COc1ccc(CNc2ccon2)cc1.COc1cn(-c2cc(F)cc(F)c2)c(=O)cc1-c1nccc2cc(S(=O)(=O)Nc3ccon3)ccc12.COc1cn(-c2cc(F)cc(F)c2)c(=O)cc1-c1nccc2cc(S(=O)(=O)Oc3c(F)c(F)c(F)c(F)c3F)ccc12. The Morgan fingerprint density at radius 1 is 0.370 bits per heavy atom. The molecule has 138 heavy (non-hydrogen) atoms. The lowest BCUT2D eigenvalue weighted by Crippen LogP contribution is -2.30. The van der Waals surface area contributed by atoms with Gasteiger partial charge in [0.25, 0.3) is 36.7 Å². The van der Waals surface area contributed by atoms with Gasteiger partial charge in [0.2, 0.25) is 34.8 Å². The summed E-state index contributed by atoms with van der Waals surface area (Å²) in [6.07, 6.45) is 12.0. The van der Waals surface area contributed by atoms with E-state index in [1.165, 1.54) is 144 Å². The zero-order chi connectivity index (χ0) is 98.2. The minimum atomic E-state index is -5.13. The van der Waals surface area contributed by atoms with Crippen molar-refractivity contribution in [3.8, 4) is 85.3 Å². The Hall–Kier alpha value is -17.0. The highest BCUT2D eigenvalue weighted by Crippen LogP contribution is 2.41. The summed E-state index contributed by atoms with van der Waals surface area (Å²) in [6.45, 7) is 0.692. The van der Waals surface area contributed by atoms with Crippen LogP contribution in [0.4, 0.5) is 65.7 Å². The molecule has 0 bridgehead atoms. The molecule has 0 amide bonds. The Morgan fingerprint density at radius 2 is 0.732 bits per heavy atom. The van der Waals surface area contributed by atoms with Gasteiger partial charge in [-0.1, -0.05) is 57.9 Å². The molecule has 0 spiro atoms. The summed E-state index contributed by atoms with van der Waals surface area (Å²) in [5.74, 6) is -16.6. The second kappa shape index (κ2) is 40.4. The molecule has 0 fully saturated rings. The lowest BCUT2D eigenvalue weighted by molar-refractivity contribution is 0.346. The lowest BCUT2D eigenvalue weighted by atomic mass is 10.0. The van der Waals surface area contributed by atoms with Crippen molar-refractivity contribution in [2.24, 2.45) is 0 Å². The Kier molecular flexibility index (Phi) is 28.0. The van der Waals surface area contributed by atoms with Crippen LogP contribution in [-0.2, 0) is 43.3 Å². The third kappa shape index (κ3) is 20.8. The smallest absolute Gasteiger partial charge is 0.339 e. The fraction of sp³-hybridized carbons (Fsp3) is 0.0745. The number of fused-ring (bicyclic) bond motifs is 3. The number of anilines is 3.